The minimum Gasteiger partial charge on any atom is -0.488 e. The van der Waals surface area contributed by atoms with E-state index >= 15 is 0 Å². The van der Waals surface area contributed by atoms with E-state index in [1.54, 1.807) is 6.92 Å². The van der Waals surface area contributed by atoms with Crippen LogP contribution in [-0.4, -0.2) is 43.5 Å². The van der Waals surface area contributed by atoms with Crippen LogP contribution in [-0.2, 0) is 22.4 Å². The SMILES string of the molecule is CCOc1cn(CC(OC)OC)cc(C(=O)[C@@H](N)Cc2ccc(F)cc2F)c1=O. The Morgan fingerprint density at radius 2 is 1.90 bits per heavy atom. The number of halogens is 2. The Morgan fingerprint density at radius 1 is 1.21 bits per heavy atom. The van der Waals surface area contributed by atoms with Crippen molar-refractivity contribution in [1.82, 2.24) is 4.57 Å². The number of benzene rings is 1. The quantitative estimate of drug-likeness (QED) is 0.475. The van der Waals surface area contributed by atoms with Gasteiger partial charge in [-0.15, -0.1) is 0 Å². The molecule has 0 saturated carbocycles. The Hall–Kier alpha value is -2.62. The van der Waals surface area contributed by atoms with Crippen LogP contribution in [0, 0.1) is 11.6 Å². The molecule has 0 aliphatic heterocycles. The molecule has 0 fully saturated rings. The van der Waals surface area contributed by atoms with Crippen molar-refractivity contribution in [3.63, 3.8) is 0 Å². The van der Waals surface area contributed by atoms with Gasteiger partial charge in [0.1, 0.15) is 11.6 Å². The Labute approximate surface area is 167 Å². The molecule has 1 heterocycles. The number of hydrogen-bond acceptors (Lipinski definition) is 6. The molecule has 0 radical (unpaired) electrons. The minimum atomic E-state index is -1.20. The van der Waals surface area contributed by atoms with Gasteiger partial charge in [-0.05, 0) is 25.0 Å². The van der Waals surface area contributed by atoms with Gasteiger partial charge in [0.25, 0.3) is 0 Å². The molecule has 0 aliphatic carbocycles. The number of carbonyl (C=O) groups excluding carboxylic acids is 1. The summed E-state index contributed by atoms with van der Waals surface area (Å²) in [5.41, 5.74) is 5.20. The molecule has 0 aliphatic rings. The van der Waals surface area contributed by atoms with Crippen LogP contribution >= 0.6 is 0 Å². The number of nitrogens with zero attached hydrogens (tertiary/aromatic N) is 1. The van der Waals surface area contributed by atoms with Crippen LogP contribution in [0.3, 0.4) is 0 Å². The number of carbonyl (C=O) groups is 1. The Morgan fingerprint density at radius 3 is 2.48 bits per heavy atom. The summed E-state index contributed by atoms with van der Waals surface area (Å²) in [6, 6.07) is 1.81. The first-order valence-electron chi connectivity index (χ1n) is 8.96. The fourth-order valence-electron chi connectivity index (χ4n) is 2.78. The minimum absolute atomic E-state index is 0.0236. The number of ketones is 1. The number of methoxy groups -OCH3 is 2. The van der Waals surface area contributed by atoms with E-state index in [1.165, 1.54) is 37.2 Å². The van der Waals surface area contributed by atoms with E-state index < -0.39 is 35.2 Å². The predicted molar refractivity (Wildman–Crippen MR) is 102 cm³/mol. The fraction of sp³-hybridized carbons (Fsp3) is 0.400. The zero-order chi connectivity index (χ0) is 21.6. The van der Waals surface area contributed by atoms with Gasteiger partial charge >= 0.3 is 0 Å². The average molecular weight is 410 g/mol. The maximum absolute atomic E-state index is 13.9. The summed E-state index contributed by atoms with van der Waals surface area (Å²) >= 11 is 0. The van der Waals surface area contributed by atoms with E-state index in [1.807, 2.05) is 0 Å². The predicted octanol–water partition coefficient (Wildman–Crippen LogP) is 1.90. The number of pyridine rings is 1. The molecule has 29 heavy (non-hydrogen) atoms. The Balaban J connectivity index is 2.35. The van der Waals surface area contributed by atoms with Gasteiger partial charge in [-0.1, -0.05) is 6.07 Å². The highest BCUT2D eigenvalue weighted by atomic mass is 19.1. The molecule has 2 aromatic rings. The van der Waals surface area contributed by atoms with Crippen LogP contribution in [0.15, 0.2) is 35.4 Å². The Kier molecular flexibility index (Phi) is 8.00. The summed E-state index contributed by atoms with van der Waals surface area (Å²) in [4.78, 5) is 25.5. The van der Waals surface area contributed by atoms with Crippen LogP contribution in [0.25, 0.3) is 0 Å². The molecule has 0 amide bonds. The Bertz CT molecular complexity index is 912. The van der Waals surface area contributed by atoms with Gasteiger partial charge < -0.3 is 24.5 Å². The summed E-state index contributed by atoms with van der Waals surface area (Å²) in [7, 11) is 2.92. The molecular formula is C20H24F2N2O5. The van der Waals surface area contributed by atoms with Gasteiger partial charge in [-0.2, -0.15) is 0 Å². The van der Waals surface area contributed by atoms with Crippen molar-refractivity contribution >= 4 is 5.78 Å². The van der Waals surface area contributed by atoms with E-state index in [9.17, 15) is 18.4 Å². The van der Waals surface area contributed by atoms with Gasteiger partial charge in [-0.25, -0.2) is 8.78 Å². The van der Waals surface area contributed by atoms with E-state index in [0.29, 0.717) is 6.07 Å². The van der Waals surface area contributed by atoms with Gasteiger partial charge in [0.2, 0.25) is 5.43 Å². The maximum atomic E-state index is 13.9. The van der Waals surface area contributed by atoms with Crippen LogP contribution in [0.5, 0.6) is 5.75 Å². The first-order valence-corrected chi connectivity index (χ1v) is 8.96. The van der Waals surface area contributed by atoms with Crippen LogP contribution in [0.1, 0.15) is 22.8 Å². The highest BCUT2D eigenvalue weighted by molar-refractivity contribution is 6.00. The number of rotatable bonds is 10. The summed E-state index contributed by atoms with van der Waals surface area (Å²) in [6.07, 6.45) is 1.97. The maximum Gasteiger partial charge on any atom is 0.234 e. The number of nitrogens with two attached hydrogens (primary N) is 1. The second-order valence-corrected chi connectivity index (χ2v) is 6.31. The standard InChI is InChI=1S/C20H24F2N2O5/c1-4-29-17-10-24(11-18(27-2)28-3)9-14(20(17)26)19(25)16(23)7-12-5-6-13(21)8-15(12)22/h5-6,8-10,16,18H,4,7,11,23H2,1-3H3/t16-/m0/s1. The molecule has 0 bridgehead atoms. The zero-order valence-corrected chi connectivity index (χ0v) is 16.5. The van der Waals surface area contributed by atoms with Crippen molar-refractivity contribution < 1.29 is 27.8 Å². The topological polar surface area (TPSA) is 92.8 Å². The molecule has 0 spiro atoms. The number of aromatic nitrogens is 1. The molecule has 1 aromatic heterocycles. The molecular weight excluding hydrogens is 386 g/mol. The number of Topliss-reactive ketones (excluding diaryl/α,β-unsaturated/α-hetero) is 1. The van der Waals surface area contributed by atoms with Crippen LogP contribution < -0.4 is 15.9 Å². The van der Waals surface area contributed by atoms with Gasteiger partial charge in [0.15, 0.2) is 17.8 Å². The van der Waals surface area contributed by atoms with E-state index in [-0.39, 0.29) is 36.4 Å². The average Bonchev–Trinajstić information content (AvgIpc) is 2.69. The van der Waals surface area contributed by atoms with Crippen molar-refractivity contribution in [3.8, 4) is 5.75 Å². The molecule has 1 atom stereocenters. The summed E-state index contributed by atoms with van der Waals surface area (Å²) in [6.45, 7) is 2.11. The molecule has 9 heteroatoms. The third kappa shape index (κ3) is 5.69. The van der Waals surface area contributed by atoms with Crippen molar-refractivity contribution in [1.29, 1.82) is 0 Å². The summed E-state index contributed by atoms with van der Waals surface area (Å²) in [5, 5.41) is 0. The van der Waals surface area contributed by atoms with Gasteiger partial charge in [0.05, 0.1) is 31.0 Å². The molecule has 2 N–H and O–H groups in total. The lowest BCUT2D eigenvalue weighted by Crippen LogP contribution is -2.37. The van der Waals surface area contributed by atoms with Crippen molar-refractivity contribution in [2.75, 3.05) is 20.8 Å². The number of ether oxygens (including phenoxy) is 3. The molecule has 2 rings (SSSR count). The monoisotopic (exact) mass is 410 g/mol. The first-order chi connectivity index (χ1) is 13.8. The third-order valence-corrected chi connectivity index (χ3v) is 4.29. The van der Waals surface area contributed by atoms with E-state index in [2.05, 4.69) is 0 Å². The van der Waals surface area contributed by atoms with Crippen molar-refractivity contribution in [2.24, 2.45) is 5.73 Å². The zero-order valence-electron chi connectivity index (χ0n) is 16.5. The second-order valence-electron chi connectivity index (χ2n) is 6.31. The summed E-state index contributed by atoms with van der Waals surface area (Å²) < 4.78 is 44.1. The van der Waals surface area contributed by atoms with E-state index in [4.69, 9.17) is 19.9 Å². The lowest BCUT2D eigenvalue weighted by molar-refractivity contribution is -0.111. The lowest BCUT2D eigenvalue weighted by atomic mass is 9.98. The van der Waals surface area contributed by atoms with Gasteiger partial charge in [-0.3, -0.25) is 9.59 Å². The fourth-order valence-corrected chi connectivity index (χ4v) is 2.78. The number of hydrogen-bond donors (Lipinski definition) is 1. The normalized spacial score (nSPS) is 12.2. The van der Waals surface area contributed by atoms with Crippen molar-refractivity contribution in [2.45, 2.75) is 32.2 Å². The van der Waals surface area contributed by atoms with Crippen LogP contribution in [0.2, 0.25) is 0 Å². The highest BCUT2D eigenvalue weighted by Gasteiger charge is 2.23. The van der Waals surface area contributed by atoms with Crippen molar-refractivity contribution in [3.05, 3.63) is 63.6 Å². The summed E-state index contributed by atoms with van der Waals surface area (Å²) in [5.74, 6) is -2.24. The molecule has 0 unspecified atom stereocenters. The van der Waals surface area contributed by atoms with E-state index in [0.717, 1.165) is 6.07 Å². The first kappa shape index (κ1) is 22.7. The molecule has 0 saturated heterocycles. The third-order valence-electron chi connectivity index (χ3n) is 4.29. The lowest BCUT2D eigenvalue weighted by Gasteiger charge is -2.18. The van der Waals surface area contributed by atoms with Crippen LogP contribution in [0.4, 0.5) is 8.78 Å². The highest BCUT2D eigenvalue weighted by Crippen LogP contribution is 2.14. The molecule has 1 aromatic carbocycles. The smallest absolute Gasteiger partial charge is 0.234 e. The molecule has 7 nitrogen and oxygen atoms in total. The van der Waals surface area contributed by atoms with Gasteiger partial charge in [0, 0.05) is 26.5 Å². The largest absolute Gasteiger partial charge is 0.488 e. The second kappa shape index (κ2) is 10.2. The molecule has 158 valence electrons.